The molecule has 0 saturated carbocycles. The summed E-state index contributed by atoms with van der Waals surface area (Å²) in [5.41, 5.74) is 1.38. The molecule has 2 nitrogen and oxygen atoms in total. The molecule has 1 aromatic rings. The van der Waals surface area contributed by atoms with Crippen molar-refractivity contribution in [3.05, 3.63) is 42.0 Å². The predicted molar refractivity (Wildman–Crippen MR) is 97.1 cm³/mol. The van der Waals surface area contributed by atoms with Crippen LogP contribution in [0.25, 0.3) is 0 Å². The summed E-state index contributed by atoms with van der Waals surface area (Å²) in [5.74, 6) is 0.950. The summed E-state index contributed by atoms with van der Waals surface area (Å²) in [6.45, 7) is 5.75. The Hall–Kier alpha value is -1.28. The normalized spacial score (nSPS) is 20.1. The molecule has 1 aliphatic heterocycles. The van der Waals surface area contributed by atoms with Crippen LogP contribution in [0.2, 0.25) is 0 Å². The molecule has 1 heterocycles. The van der Waals surface area contributed by atoms with Crippen molar-refractivity contribution in [3.63, 3.8) is 0 Å². The number of benzene rings is 1. The maximum atomic E-state index is 5.76. The predicted octanol–water partition coefficient (Wildman–Crippen LogP) is 5.70. The van der Waals surface area contributed by atoms with Gasteiger partial charge in [-0.05, 0) is 56.7 Å². The minimum absolute atomic E-state index is 0.0367. The highest BCUT2D eigenvalue weighted by Crippen LogP contribution is 2.27. The maximum Gasteiger partial charge on any atom is 0.123 e. The Morgan fingerprint density at radius 2 is 1.74 bits per heavy atom. The lowest BCUT2D eigenvalue weighted by atomic mass is 10.0. The first-order valence-corrected chi connectivity index (χ1v) is 9.22. The third-order valence-electron chi connectivity index (χ3n) is 4.34. The molecule has 0 N–H and O–H groups in total. The molecule has 0 aliphatic carbocycles. The fourth-order valence-corrected chi connectivity index (χ4v) is 2.60. The lowest BCUT2D eigenvalue weighted by Crippen LogP contribution is -2.16. The van der Waals surface area contributed by atoms with Gasteiger partial charge in [0.15, 0.2) is 0 Å². The summed E-state index contributed by atoms with van der Waals surface area (Å²) >= 11 is 0. The molecule has 0 radical (unpaired) electrons. The van der Waals surface area contributed by atoms with E-state index in [2.05, 4.69) is 50.3 Å². The lowest BCUT2D eigenvalue weighted by molar-refractivity contribution is 0.202. The van der Waals surface area contributed by atoms with Crippen LogP contribution in [0, 0.1) is 0 Å². The highest BCUT2D eigenvalue weighted by molar-refractivity contribution is 5.27. The Kier molecular flexibility index (Phi) is 7.67. The van der Waals surface area contributed by atoms with E-state index in [0.717, 1.165) is 18.8 Å². The van der Waals surface area contributed by atoms with E-state index in [4.69, 9.17) is 9.47 Å². The summed E-state index contributed by atoms with van der Waals surface area (Å²) in [6.07, 6.45) is 14.9. The zero-order chi connectivity index (χ0) is 16.4. The SMILES string of the molecule is CC/C=C/CCCCCCCc1ccc(OCC2(C)CO2)cc1. The van der Waals surface area contributed by atoms with E-state index in [9.17, 15) is 0 Å². The summed E-state index contributed by atoms with van der Waals surface area (Å²) in [6, 6.07) is 8.56. The van der Waals surface area contributed by atoms with Crippen LogP contribution in [0.5, 0.6) is 5.75 Å². The van der Waals surface area contributed by atoms with Crippen LogP contribution in [0.4, 0.5) is 0 Å². The molecule has 0 spiro atoms. The Labute approximate surface area is 141 Å². The first kappa shape index (κ1) is 18.1. The van der Waals surface area contributed by atoms with Crippen molar-refractivity contribution < 1.29 is 9.47 Å². The number of aryl methyl sites for hydroxylation is 1. The van der Waals surface area contributed by atoms with Crippen molar-refractivity contribution in [1.29, 1.82) is 0 Å². The van der Waals surface area contributed by atoms with Gasteiger partial charge in [-0.25, -0.2) is 0 Å². The Morgan fingerprint density at radius 1 is 1.04 bits per heavy atom. The molecule has 1 fully saturated rings. The number of hydrogen-bond donors (Lipinski definition) is 0. The summed E-state index contributed by atoms with van der Waals surface area (Å²) in [7, 11) is 0. The van der Waals surface area contributed by atoms with E-state index < -0.39 is 0 Å². The topological polar surface area (TPSA) is 21.8 Å². The fourth-order valence-electron chi connectivity index (χ4n) is 2.60. The van der Waals surface area contributed by atoms with Gasteiger partial charge in [-0.1, -0.05) is 50.5 Å². The first-order chi connectivity index (χ1) is 11.2. The van der Waals surface area contributed by atoms with Crippen LogP contribution in [0.1, 0.15) is 64.4 Å². The van der Waals surface area contributed by atoms with E-state index in [1.165, 1.54) is 50.5 Å². The molecule has 2 heteroatoms. The molecule has 1 aliphatic rings. The molecule has 2 rings (SSSR count). The average molecular weight is 316 g/mol. The van der Waals surface area contributed by atoms with Gasteiger partial charge < -0.3 is 9.47 Å². The van der Waals surface area contributed by atoms with E-state index in [1.54, 1.807) is 0 Å². The molecule has 1 saturated heterocycles. The molecule has 23 heavy (non-hydrogen) atoms. The zero-order valence-corrected chi connectivity index (χ0v) is 14.9. The third kappa shape index (κ3) is 7.69. The average Bonchev–Trinajstić information content (AvgIpc) is 3.30. The van der Waals surface area contributed by atoms with Crippen molar-refractivity contribution in [1.82, 2.24) is 0 Å². The number of rotatable bonds is 12. The van der Waals surface area contributed by atoms with Crippen molar-refractivity contribution in [3.8, 4) is 5.75 Å². The van der Waals surface area contributed by atoms with Gasteiger partial charge in [-0.3, -0.25) is 0 Å². The van der Waals surface area contributed by atoms with Gasteiger partial charge in [0.2, 0.25) is 0 Å². The quantitative estimate of drug-likeness (QED) is 0.280. The maximum absolute atomic E-state index is 5.76. The van der Waals surface area contributed by atoms with Crippen LogP contribution in [0.15, 0.2) is 36.4 Å². The van der Waals surface area contributed by atoms with Gasteiger partial charge in [0.25, 0.3) is 0 Å². The standard InChI is InChI=1S/C21H32O2/c1-3-4-5-6-7-8-9-10-11-12-19-13-15-20(16-14-19)22-17-21(2)18-23-21/h4-5,13-16H,3,6-12,17-18H2,1-2H3/b5-4+. The Morgan fingerprint density at radius 3 is 2.43 bits per heavy atom. The van der Waals surface area contributed by atoms with Gasteiger partial charge >= 0.3 is 0 Å². The molecular weight excluding hydrogens is 284 g/mol. The molecule has 1 unspecified atom stereocenters. The highest BCUT2D eigenvalue weighted by Gasteiger charge is 2.40. The number of unbranched alkanes of at least 4 members (excludes halogenated alkanes) is 5. The molecule has 0 amide bonds. The summed E-state index contributed by atoms with van der Waals surface area (Å²) < 4.78 is 11.1. The van der Waals surface area contributed by atoms with Crippen molar-refractivity contribution in [2.45, 2.75) is 70.8 Å². The second-order valence-electron chi connectivity index (χ2n) is 6.86. The van der Waals surface area contributed by atoms with Crippen LogP contribution >= 0.6 is 0 Å². The van der Waals surface area contributed by atoms with E-state index in [0.29, 0.717) is 6.61 Å². The molecule has 0 bridgehead atoms. The monoisotopic (exact) mass is 316 g/mol. The molecule has 128 valence electrons. The van der Waals surface area contributed by atoms with E-state index in [1.807, 2.05) is 0 Å². The second kappa shape index (κ2) is 9.77. The minimum atomic E-state index is -0.0367. The number of epoxide rings is 1. The van der Waals surface area contributed by atoms with Gasteiger partial charge in [0.05, 0.1) is 6.61 Å². The van der Waals surface area contributed by atoms with Crippen LogP contribution in [-0.2, 0) is 11.2 Å². The molecule has 0 aromatic heterocycles. The van der Waals surface area contributed by atoms with Crippen LogP contribution < -0.4 is 4.74 Å². The smallest absolute Gasteiger partial charge is 0.123 e. The van der Waals surface area contributed by atoms with Crippen LogP contribution in [0.3, 0.4) is 0 Å². The van der Waals surface area contributed by atoms with Gasteiger partial charge in [0, 0.05) is 0 Å². The van der Waals surface area contributed by atoms with Gasteiger partial charge in [-0.2, -0.15) is 0 Å². The Balaban J connectivity index is 1.51. The third-order valence-corrected chi connectivity index (χ3v) is 4.34. The highest BCUT2D eigenvalue weighted by atomic mass is 16.6. The lowest BCUT2D eigenvalue weighted by Gasteiger charge is -2.09. The van der Waals surface area contributed by atoms with Gasteiger partial charge in [0.1, 0.15) is 18.0 Å². The molecule has 1 aromatic carbocycles. The molecule has 1 atom stereocenters. The number of ether oxygens (including phenoxy) is 2. The van der Waals surface area contributed by atoms with Crippen LogP contribution in [-0.4, -0.2) is 18.8 Å². The van der Waals surface area contributed by atoms with E-state index in [-0.39, 0.29) is 5.60 Å². The number of allylic oxidation sites excluding steroid dienone is 2. The second-order valence-corrected chi connectivity index (χ2v) is 6.86. The Bertz CT molecular complexity index is 457. The largest absolute Gasteiger partial charge is 0.491 e. The zero-order valence-electron chi connectivity index (χ0n) is 14.9. The summed E-state index contributed by atoms with van der Waals surface area (Å²) in [4.78, 5) is 0. The fraction of sp³-hybridized carbons (Fsp3) is 0.619. The van der Waals surface area contributed by atoms with Crippen molar-refractivity contribution in [2.75, 3.05) is 13.2 Å². The minimum Gasteiger partial charge on any atom is -0.491 e. The summed E-state index contributed by atoms with van der Waals surface area (Å²) in [5, 5.41) is 0. The number of hydrogen-bond acceptors (Lipinski definition) is 2. The molecular formula is C21H32O2. The van der Waals surface area contributed by atoms with Crippen molar-refractivity contribution in [2.24, 2.45) is 0 Å². The first-order valence-electron chi connectivity index (χ1n) is 9.22. The van der Waals surface area contributed by atoms with Gasteiger partial charge in [-0.15, -0.1) is 0 Å². The van der Waals surface area contributed by atoms with Crippen molar-refractivity contribution >= 4 is 0 Å². The van der Waals surface area contributed by atoms with E-state index >= 15 is 0 Å².